The SMILES string of the molecule is O=C(NCC1CC1)NCC1CCCN(C(=O)CN(c2cc(C(F)(F)F)ccc2Cl)S(=O)(=O)c2ccc(Cl)cc2)C1. The zero-order valence-corrected chi connectivity index (χ0v) is 23.7. The van der Waals surface area contributed by atoms with Gasteiger partial charge >= 0.3 is 12.2 Å². The van der Waals surface area contributed by atoms with E-state index in [-0.39, 0.29) is 33.4 Å². The van der Waals surface area contributed by atoms with Gasteiger partial charge < -0.3 is 15.5 Å². The van der Waals surface area contributed by atoms with E-state index in [9.17, 15) is 31.2 Å². The summed E-state index contributed by atoms with van der Waals surface area (Å²) in [5, 5.41) is 5.61. The zero-order valence-electron chi connectivity index (χ0n) is 21.4. The molecule has 4 rings (SSSR count). The highest BCUT2D eigenvalue weighted by Crippen LogP contribution is 2.37. The number of piperidine rings is 1. The average Bonchev–Trinajstić information content (AvgIpc) is 3.74. The first-order valence-corrected chi connectivity index (χ1v) is 15.0. The molecule has 1 unspecified atom stereocenters. The zero-order chi connectivity index (χ0) is 29.1. The van der Waals surface area contributed by atoms with Crippen LogP contribution in [0.4, 0.5) is 23.7 Å². The van der Waals surface area contributed by atoms with Gasteiger partial charge in [-0.25, -0.2) is 13.2 Å². The fourth-order valence-electron chi connectivity index (χ4n) is 4.45. The largest absolute Gasteiger partial charge is 0.416 e. The minimum absolute atomic E-state index is 0.0668. The molecule has 1 saturated heterocycles. The van der Waals surface area contributed by atoms with Crippen LogP contribution in [0.25, 0.3) is 0 Å². The highest BCUT2D eigenvalue weighted by Gasteiger charge is 2.36. The summed E-state index contributed by atoms with van der Waals surface area (Å²) < 4.78 is 68.4. The van der Waals surface area contributed by atoms with Crippen LogP contribution in [0.3, 0.4) is 0 Å². The Balaban J connectivity index is 1.54. The molecule has 0 bridgehead atoms. The molecule has 3 amide bonds. The Morgan fingerprint density at radius 1 is 0.975 bits per heavy atom. The fourth-order valence-corrected chi connectivity index (χ4v) is 6.27. The van der Waals surface area contributed by atoms with Crippen molar-refractivity contribution in [1.29, 1.82) is 0 Å². The van der Waals surface area contributed by atoms with Crippen molar-refractivity contribution in [3.05, 3.63) is 58.1 Å². The van der Waals surface area contributed by atoms with Crippen molar-refractivity contribution < 1.29 is 31.2 Å². The molecule has 1 atom stereocenters. The number of hydrogen-bond donors (Lipinski definition) is 2. The number of rotatable bonds is 9. The number of nitrogens with one attached hydrogen (secondary N) is 2. The first-order chi connectivity index (χ1) is 18.8. The van der Waals surface area contributed by atoms with Crippen molar-refractivity contribution in [3.63, 3.8) is 0 Å². The molecule has 0 aromatic heterocycles. The van der Waals surface area contributed by atoms with Gasteiger partial charge in [0.05, 0.1) is 21.2 Å². The predicted molar refractivity (Wildman–Crippen MR) is 146 cm³/mol. The molecular formula is C26H29Cl2F3N4O4S. The van der Waals surface area contributed by atoms with Gasteiger partial charge in [0.15, 0.2) is 0 Å². The van der Waals surface area contributed by atoms with Crippen LogP contribution in [0.1, 0.15) is 31.2 Å². The maximum atomic E-state index is 13.6. The number of anilines is 1. The lowest BCUT2D eigenvalue weighted by molar-refractivity contribution is -0.137. The van der Waals surface area contributed by atoms with Crippen LogP contribution in [-0.4, -0.2) is 58.0 Å². The number of carbonyl (C=O) groups excluding carboxylic acids is 2. The molecule has 1 saturated carbocycles. The van der Waals surface area contributed by atoms with Gasteiger partial charge in [-0.15, -0.1) is 0 Å². The van der Waals surface area contributed by atoms with Gasteiger partial charge in [0, 0.05) is 31.2 Å². The lowest BCUT2D eigenvalue weighted by atomic mass is 9.98. The van der Waals surface area contributed by atoms with Crippen molar-refractivity contribution in [2.45, 2.75) is 36.8 Å². The molecule has 2 aromatic carbocycles. The van der Waals surface area contributed by atoms with E-state index in [4.69, 9.17) is 23.2 Å². The van der Waals surface area contributed by atoms with Gasteiger partial charge in [-0.1, -0.05) is 23.2 Å². The van der Waals surface area contributed by atoms with Crippen molar-refractivity contribution in [2.75, 3.05) is 37.0 Å². The average molecular weight is 622 g/mol. The van der Waals surface area contributed by atoms with Crippen LogP contribution < -0.4 is 14.9 Å². The molecule has 2 N–H and O–H groups in total. The minimum atomic E-state index is -4.77. The summed E-state index contributed by atoms with van der Waals surface area (Å²) in [7, 11) is -4.52. The van der Waals surface area contributed by atoms with E-state index in [0.29, 0.717) is 42.3 Å². The van der Waals surface area contributed by atoms with E-state index in [2.05, 4.69) is 10.6 Å². The fraction of sp³-hybridized carbons (Fsp3) is 0.462. The number of likely N-dealkylation sites (tertiary alicyclic amines) is 1. The van der Waals surface area contributed by atoms with Gasteiger partial charge in [-0.2, -0.15) is 13.2 Å². The first kappa shape index (κ1) is 30.3. The summed E-state index contributed by atoms with van der Waals surface area (Å²) in [6.07, 6.45) is -1.18. The number of halogens is 5. The number of hydrogen-bond acceptors (Lipinski definition) is 4. The Kier molecular flexibility index (Phi) is 9.41. The van der Waals surface area contributed by atoms with Gasteiger partial charge in [-0.3, -0.25) is 9.10 Å². The number of urea groups is 1. The predicted octanol–water partition coefficient (Wildman–Crippen LogP) is 5.16. The molecule has 8 nitrogen and oxygen atoms in total. The standard InChI is InChI=1S/C26H29Cl2F3N4O4S/c27-20-6-8-21(9-7-20)40(38,39)35(23-12-19(26(29,30)31)5-10-22(23)28)16-24(36)34-11-1-2-18(15-34)14-33-25(37)32-13-17-3-4-17/h5-10,12,17-18H,1-4,11,13-16H2,(H2,32,33,37). The van der Waals surface area contributed by atoms with Gasteiger partial charge in [0.1, 0.15) is 6.54 Å². The molecule has 40 heavy (non-hydrogen) atoms. The molecular weight excluding hydrogens is 592 g/mol. The Morgan fingerprint density at radius 3 is 2.25 bits per heavy atom. The number of benzene rings is 2. The summed E-state index contributed by atoms with van der Waals surface area (Å²) in [5.74, 6) is -0.136. The number of sulfonamides is 1. The van der Waals surface area contributed by atoms with Crippen LogP contribution >= 0.6 is 23.2 Å². The Labute approximate surface area is 240 Å². The third-order valence-corrected chi connectivity index (χ3v) is 9.24. The van der Waals surface area contributed by atoms with Crippen molar-refractivity contribution >= 4 is 50.9 Å². The molecule has 14 heteroatoms. The Hall–Kier alpha value is -2.70. The van der Waals surface area contributed by atoms with E-state index < -0.39 is 39.9 Å². The second kappa shape index (κ2) is 12.4. The van der Waals surface area contributed by atoms with Crippen LogP contribution in [0, 0.1) is 11.8 Å². The Morgan fingerprint density at radius 2 is 1.62 bits per heavy atom. The third-order valence-electron chi connectivity index (χ3n) is 6.89. The van der Waals surface area contributed by atoms with E-state index in [1.807, 2.05) is 0 Å². The number of carbonyl (C=O) groups is 2. The molecule has 1 heterocycles. The summed E-state index contributed by atoms with van der Waals surface area (Å²) in [5.41, 5.74) is -1.58. The molecule has 218 valence electrons. The smallest absolute Gasteiger partial charge is 0.341 e. The van der Waals surface area contributed by atoms with Gasteiger partial charge in [0.2, 0.25) is 5.91 Å². The number of nitrogens with zero attached hydrogens (tertiary/aromatic N) is 2. The summed E-state index contributed by atoms with van der Waals surface area (Å²) >= 11 is 12.1. The molecule has 2 aromatic rings. The van der Waals surface area contributed by atoms with Crippen molar-refractivity contribution in [2.24, 2.45) is 11.8 Å². The molecule has 1 aliphatic carbocycles. The van der Waals surface area contributed by atoms with E-state index in [1.165, 1.54) is 29.2 Å². The second-order valence-corrected chi connectivity index (χ2v) is 12.7. The summed E-state index contributed by atoms with van der Waals surface area (Å²) in [6.45, 7) is 0.777. The molecule has 2 fully saturated rings. The van der Waals surface area contributed by atoms with E-state index >= 15 is 0 Å². The highest BCUT2D eigenvalue weighted by atomic mass is 35.5. The lowest BCUT2D eigenvalue weighted by Gasteiger charge is -2.35. The van der Waals surface area contributed by atoms with Gasteiger partial charge in [-0.05, 0) is 80.0 Å². The minimum Gasteiger partial charge on any atom is -0.341 e. The van der Waals surface area contributed by atoms with Crippen molar-refractivity contribution in [1.82, 2.24) is 15.5 Å². The number of alkyl halides is 3. The van der Waals surface area contributed by atoms with E-state index in [1.54, 1.807) is 0 Å². The van der Waals surface area contributed by atoms with E-state index in [0.717, 1.165) is 31.4 Å². The Bertz CT molecular complexity index is 1340. The highest BCUT2D eigenvalue weighted by molar-refractivity contribution is 7.92. The summed E-state index contributed by atoms with van der Waals surface area (Å²) in [4.78, 5) is 26.7. The van der Waals surface area contributed by atoms with Crippen molar-refractivity contribution in [3.8, 4) is 0 Å². The topological polar surface area (TPSA) is 98.8 Å². The summed E-state index contributed by atoms with van der Waals surface area (Å²) in [6, 6.07) is 7.08. The monoisotopic (exact) mass is 620 g/mol. The molecule has 1 aliphatic heterocycles. The quantitative estimate of drug-likeness (QED) is 0.405. The first-order valence-electron chi connectivity index (χ1n) is 12.8. The third kappa shape index (κ3) is 7.73. The number of amides is 3. The van der Waals surface area contributed by atoms with Crippen LogP contribution in [0.5, 0.6) is 0 Å². The van der Waals surface area contributed by atoms with Crippen LogP contribution in [0.2, 0.25) is 10.0 Å². The molecule has 2 aliphatic rings. The van der Waals surface area contributed by atoms with Crippen LogP contribution in [-0.2, 0) is 21.0 Å². The van der Waals surface area contributed by atoms with Gasteiger partial charge in [0.25, 0.3) is 10.0 Å². The maximum Gasteiger partial charge on any atom is 0.416 e. The maximum absolute atomic E-state index is 13.6. The van der Waals surface area contributed by atoms with Crippen LogP contribution in [0.15, 0.2) is 47.4 Å². The molecule has 0 radical (unpaired) electrons. The molecule has 0 spiro atoms. The lowest BCUT2D eigenvalue weighted by Crippen LogP contribution is -2.49. The normalized spacial score (nSPS) is 17.8. The second-order valence-electron chi connectivity index (χ2n) is 10.0.